The Bertz CT molecular complexity index is 469. The Morgan fingerprint density at radius 3 is 2.48 bits per heavy atom. The van der Waals surface area contributed by atoms with Gasteiger partial charge in [-0.15, -0.1) is 0 Å². The fraction of sp³-hybridized carbons (Fsp3) is 0.909. The van der Waals surface area contributed by atoms with Gasteiger partial charge in [-0.3, -0.25) is 9.59 Å². The molecule has 0 aromatic rings. The molecular weight excluding hydrogens is 370 g/mol. The van der Waals surface area contributed by atoms with Crippen molar-refractivity contribution in [2.24, 2.45) is 11.7 Å². The average molecular weight is 412 g/mol. The highest BCUT2D eigenvalue weighted by Gasteiger charge is 2.30. The summed E-state index contributed by atoms with van der Waals surface area (Å²) in [5.41, 5.74) is 5.34. The maximum Gasteiger partial charge on any atom is 0.222 e. The monoisotopic (exact) mass is 411 g/mol. The molecule has 1 atom stereocenters. The van der Waals surface area contributed by atoms with Crippen molar-refractivity contribution in [1.29, 1.82) is 0 Å². The highest BCUT2D eigenvalue weighted by Crippen LogP contribution is 2.28. The fourth-order valence-corrected chi connectivity index (χ4v) is 4.49. The smallest absolute Gasteiger partial charge is 0.222 e. The molecule has 2 fully saturated rings. The van der Waals surface area contributed by atoms with Crippen LogP contribution in [0.1, 0.15) is 70.6 Å². The Morgan fingerprint density at radius 1 is 0.966 bits per heavy atom. The molecule has 0 aromatic carbocycles. The molecule has 0 radical (unpaired) electrons. The van der Waals surface area contributed by atoms with Crippen molar-refractivity contribution in [2.45, 2.75) is 76.7 Å². The molecule has 2 rings (SSSR count). The number of hydrogen-bond donors (Lipinski definition) is 2. The lowest BCUT2D eigenvalue weighted by Crippen LogP contribution is -2.39. The average Bonchev–Trinajstić information content (AvgIpc) is 3.19. The second kappa shape index (κ2) is 14.7. The summed E-state index contributed by atoms with van der Waals surface area (Å²) in [5.74, 6) is 1.06. The highest BCUT2D eigenvalue weighted by molar-refractivity contribution is 5.80. The summed E-state index contributed by atoms with van der Waals surface area (Å²) in [5, 5.41) is 2.89. The van der Waals surface area contributed by atoms with Crippen LogP contribution in [0.5, 0.6) is 0 Å². The van der Waals surface area contributed by atoms with Crippen LogP contribution in [-0.2, 0) is 19.1 Å². The maximum absolute atomic E-state index is 12.6. The maximum atomic E-state index is 12.6. The van der Waals surface area contributed by atoms with E-state index in [9.17, 15) is 9.59 Å². The van der Waals surface area contributed by atoms with Gasteiger partial charge < -0.3 is 25.4 Å². The van der Waals surface area contributed by atoms with Gasteiger partial charge in [-0.2, -0.15) is 0 Å². The summed E-state index contributed by atoms with van der Waals surface area (Å²) in [4.78, 5) is 26.8. The Hall–Kier alpha value is -1.18. The van der Waals surface area contributed by atoms with Crippen molar-refractivity contribution in [3.8, 4) is 0 Å². The first-order valence-corrected chi connectivity index (χ1v) is 11.6. The predicted octanol–water partition coefficient (Wildman–Crippen LogP) is 2.23. The number of carbonyl (C=O) groups is 2. The van der Waals surface area contributed by atoms with Crippen molar-refractivity contribution in [3.05, 3.63) is 0 Å². The molecule has 7 nitrogen and oxygen atoms in total. The molecule has 1 unspecified atom stereocenters. The number of carbonyl (C=O) groups excluding carboxylic acids is 2. The van der Waals surface area contributed by atoms with Gasteiger partial charge in [-0.05, 0) is 31.6 Å². The summed E-state index contributed by atoms with van der Waals surface area (Å²) in [6.07, 6.45) is 11.9. The Labute approximate surface area is 176 Å². The van der Waals surface area contributed by atoms with Gasteiger partial charge in [0.15, 0.2) is 0 Å². The van der Waals surface area contributed by atoms with Gasteiger partial charge in [-0.1, -0.05) is 32.1 Å². The third kappa shape index (κ3) is 9.92. The number of amides is 2. The Balaban J connectivity index is 1.55. The van der Waals surface area contributed by atoms with Crippen LogP contribution in [0.2, 0.25) is 0 Å². The van der Waals surface area contributed by atoms with Gasteiger partial charge in [0, 0.05) is 38.5 Å². The van der Waals surface area contributed by atoms with Crippen molar-refractivity contribution in [2.75, 3.05) is 46.1 Å². The molecule has 3 N–H and O–H groups in total. The van der Waals surface area contributed by atoms with E-state index in [2.05, 4.69) is 5.32 Å². The largest absolute Gasteiger partial charge is 0.378 e. The van der Waals surface area contributed by atoms with E-state index >= 15 is 0 Å². The SMILES string of the molecule is NCCOCCOCCNC(=O)CC1CCCN1C(=O)CCCC1CCCCC1. The van der Waals surface area contributed by atoms with Crippen LogP contribution in [0, 0.1) is 5.92 Å². The summed E-state index contributed by atoms with van der Waals surface area (Å²) in [6, 6.07) is 0.0581. The lowest BCUT2D eigenvalue weighted by atomic mass is 9.86. The van der Waals surface area contributed by atoms with Crippen LogP contribution < -0.4 is 11.1 Å². The van der Waals surface area contributed by atoms with Crippen LogP contribution in [-0.4, -0.2) is 68.8 Å². The van der Waals surface area contributed by atoms with Crippen LogP contribution in [0.4, 0.5) is 0 Å². The summed E-state index contributed by atoms with van der Waals surface area (Å²) >= 11 is 0. The lowest BCUT2D eigenvalue weighted by molar-refractivity contribution is -0.133. The lowest BCUT2D eigenvalue weighted by Gasteiger charge is -2.25. The fourth-order valence-electron chi connectivity index (χ4n) is 4.49. The number of rotatable bonds is 14. The van der Waals surface area contributed by atoms with Gasteiger partial charge in [0.2, 0.25) is 11.8 Å². The minimum atomic E-state index is -0.000104. The first kappa shape index (κ1) is 24.1. The van der Waals surface area contributed by atoms with Crippen LogP contribution >= 0.6 is 0 Å². The standard InChI is InChI=1S/C22H41N3O4/c23-11-14-28-16-17-29-15-12-24-21(26)18-20-9-5-13-25(20)22(27)10-4-8-19-6-2-1-3-7-19/h19-20H,1-18,23H2,(H,24,26). The van der Waals surface area contributed by atoms with E-state index in [-0.39, 0.29) is 17.9 Å². The van der Waals surface area contributed by atoms with Gasteiger partial charge in [0.05, 0.1) is 26.4 Å². The zero-order chi connectivity index (χ0) is 20.7. The molecule has 1 aliphatic carbocycles. The minimum absolute atomic E-state index is 0.000104. The molecule has 0 aromatic heterocycles. The van der Waals surface area contributed by atoms with Crippen molar-refractivity contribution in [3.63, 3.8) is 0 Å². The number of nitrogens with one attached hydrogen (secondary N) is 1. The third-order valence-electron chi connectivity index (χ3n) is 6.05. The topological polar surface area (TPSA) is 93.9 Å². The molecule has 7 heteroatoms. The van der Waals surface area contributed by atoms with Crippen molar-refractivity contribution >= 4 is 11.8 Å². The molecule has 29 heavy (non-hydrogen) atoms. The number of likely N-dealkylation sites (tertiary alicyclic amines) is 1. The van der Waals surface area contributed by atoms with E-state index in [0.29, 0.717) is 52.4 Å². The predicted molar refractivity (Wildman–Crippen MR) is 113 cm³/mol. The van der Waals surface area contributed by atoms with Gasteiger partial charge in [-0.25, -0.2) is 0 Å². The Morgan fingerprint density at radius 2 is 1.72 bits per heavy atom. The Kier molecular flexibility index (Phi) is 12.3. The van der Waals surface area contributed by atoms with Crippen LogP contribution in [0.3, 0.4) is 0 Å². The molecule has 168 valence electrons. The van der Waals surface area contributed by atoms with E-state index in [1.807, 2.05) is 4.90 Å². The van der Waals surface area contributed by atoms with E-state index in [0.717, 1.165) is 31.7 Å². The molecule has 0 bridgehead atoms. The van der Waals surface area contributed by atoms with Crippen molar-refractivity contribution < 1.29 is 19.1 Å². The molecule has 0 spiro atoms. The summed E-state index contributed by atoms with van der Waals surface area (Å²) < 4.78 is 10.6. The molecule has 1 aliphatic heterocycles. The second-order valence-corrected chi connectivity index (χ2v) is 8.35. The van der Waals surface area contributed by atoms with E-state index in [4.69, 9.17) is 15.2 Å². The van der Waals surface area contributed by atoms with Gasteiger partial charge >= 0.3 is 0 Å². The van der Waals surface area contributed by atoms with E-state index in [1.165, 1.54) is 38.5 Å². The van der Waals surface area contributed by atoms with Gasteiger partial charge in [0.25, 0.3) is 0 Å². The normalized spacial score (nSPS) is 20.2. The number of nitrogens with zero attached hydrogens (tertiary/aromatic N) is 1. The first-order valence-electron chi connectivity index (χ1n) is 11.6. The molecule has 1 saturated heterocycles. The second-order valence-electron chi connectivity index (χ2n) is 8.35. The van der Waals surface area contributed by atoms with Crippen LogP contribution in [0.15, 0.2) is 0 Å². The van der Waals surface area contributed by atoms with E-state index < -0.39 is 0 Å². The minimum Gasteiger partial charge on any atom is -0.378 e. The number of ether oxygens (including phenoxy) is 2. The first-order chi connectivity index (χ1) is 14.2. The quantitative estimate of drug-likeness (QED) is 0.428. The van der Waals surface area contributed by atoms with E-state index in [1.54, 1.807) is 0 Å². The summed E-state index contributed by atoms with van der Waals surface area (Å²) in [7, 11) is 0. The van der Waals surface area contributed by atoms with Crippen molar-refractivity contribution in [1.82, 2.24) is 10.2 Å². The summed E-state index contributed by atoms with van der Waals surface area (Å²) in [6.45, 7) is 3.82. The van der Waals surface area contributed by atoms with Gasteiger partial charge in [0.1, 0.15) is 0 Å². The zero-order valence-electron chi connectivity index (χ0n) is 18.0. The molecular formula is C22H41N3O4. The highest BCUT2D eigenvalue weighted by atomic mass is 16.5. The number of hydrogen-bond acceptors (Lipinski definition) is 5. The molecule has 2 amide bonds. The molecule has 2 aliphatic rings. The van der Waals surface area contributed by atoms with Crippen LogP contribution in [0.25, 0.3) is 0 Å². The molecule has 1 heterocycles. The zero-order valence-corrected chi connectivity index (χ0v) is 18.0. The third-order valence-corrected chi connectivity index (χ3v) is 6.05. The molecule has 1 saturated carbocycles. The number of nitrogens with two attached hydrogens (primary N) is 1.